The number of aryl methyl sites for hydroxylation is 2. The molecule has 0 unspecified atom stereocenters. The van der Waals surface area contributed by atoms with Crippen LogP contribution in [0.1, 0.15) is 47.2 Å². The molecule has 0 heterocycles. The largest absolute Gasteiger partial charge is 0.493 e. The molecule has 0 atom stereocenters. The highest BCUT2D eigenvalue weighted by Crippen LogP contribution is 2.29. The Morgan fingerprint density at radius 2 is 1.83 bits per heavy atom. The molecule has 0 saturated heterocycles. The van der Waals surface area contributed by atoms with Crippen molar-refractivity contribution in [3.8, 4) is 5.75 Å². The summed E-state index contributed by atoms with van der Waals surface area (Å²) < 4.78 is 5.89. The lowest BCUT2D eigenvalue weighted by Crippen LogP contribution is -2.10. The Morgan fingerprint density at radius 1 is 1.28 bits per heavy atom. The van der Waals surface area contributed by atoms with Crippen LogP contribution in [-0.2, 0) is 0 Å². The number of carbonyl (C=O) groups is 1. The first-order valence-electron chi connectivity index (χ1n) is 6.55. The van der Waals surface area contributed by atoms with Gasteiger partial charge in [0.1, 0.15) is 5.75 Å². The van der Waals surface area contributed by atoms with E-state index >= 15 is 0 Å². The standard InChI is InChI=1S/C15H20O3/c1-10-7-13(15(16)17)8-11(2)14(10)18-9-12-5-3-4-6-12/h7-8,12H,3-6,9H2,1-2H3,(H,16,17). The summed E-state index contributed by atoms with van der Waals surface area (Å²) >= 11 is 0. The van der Waals surface area contributed by atoms with Crippen molar-refractivity contribution >= 4 is 5.97 Å². The van der Waals surface area contributed by atoms with Gasteiger partial charge in [-0.25, -0.2) is 4.79 Å². The van der Waals surface area contributed by atoms with E-state index < -0.39 is 5.97 Å². The lowest BCUT2D eigenvalue weighted by Gasteiger charge is -2.16. The molecule has 1 N–H and O–H groups in total. The second-order valence-corrected chi connectivity index (χ2v) is 5.21. The minimum atomic E-state index is -0.886. The predicted molar refractivity (Wildman–Crippen MR) is 70.3 cm³/mol. The zero-order valence-electron chi connectivity index (χ0n) is 11.0. The third-order valence-electron chi connectivity index (χ3n) is 3.65. The van der Waals surface area contributed by atoms with Crippen LogP contribution in [-0.4, -0.2) is 17.7 Å². The van der Waals surface area contributed by atoms with Crippen molar-refractivity contribution in [1.29, 1.82) is 0 Å². The maximum atomic E-state index is 10.9. The number of hydrogen-bond donors (Lipinski definition) is 1. The SMILES string of the molecule is Cc1cc(C(=O)O)cc(C)c1OCC1CCCC1. The molecule has 1 saturated carbocycles. The van der Waals surface area contributed by atoms with Crippen molar-refractivity contribution in [3.63, 3.8) is 0 Å². The number of carboxylic acids is 1. The van der Waals surface area contributed by atoms with Crippen LogP contribution >= 0.6 is 0 Å². The van der Waals surface area contributed by atoms with Gasteiger partial charge in [-0.1, -0.05) is 12.8 Å². The van der Waals surface area contributed by atoms with Crippen molar-refractivity contribution in [2.24, 2.45) is 5.92 Å². The fourth-order valence-electron chi connectivity index (χ4n) is 2.68. The highest BCUT2D eigenvalue weighted by Gasteiger charge is 2.17. The number of rotatable bonds is 4. The first-order valence-corrected chi connectivity index (χ1v) is 6.55. The van der Waals surface area contributed by atoms with Gasteiger partial charge in [-0.3, -0.25) is 0 Å². The number of hydrogen-bond acceptors (Lipinski definition) is 2. The van der Waals surface area contributed by atoms with Gasteiger partial charge in [-0.2, -0.15) is 0 Å². The van der Waals surface area contributed by atoms with Crippen molar-refractivity contribution in [2.75, 3.05) is 6.61 Å². The summed E-state index contributed by atoms with van der Waals surface area (Å²) in [7, 11) is 0. The lowest BCUT2D eigenvalue weighted by atomic mass is 10.1. The van der Waals surface area contributed by atoms with Crippen LogP contribution in [0, 0.1) is 19.8 Å². The van der Waals surface area contributed by atoms with Gasteiger partial charge in [0.05, 0.1) is 12.2 Å². The lowest BCUT2D eigenvalue weighted by molar-refractivity contribution is 0.0696. The Morgan fingerprint density at radius 3 is 2.33 bits per heavy atom. The third kappa shape index (κ3) is 2.84. The second-order valence-electron chi connectivity index (χ2n) is 5.21. The van der Waals surface area contributed by atoms with Gasteiger partial charge in [-0.15, -0.1) is 0 Å². The Bertz CT molecular complexity index is 422. The van der Waals surface area contributed by atoms with E-state index in [1.54, 1.807) is 12.1 Å². The molecular weight excluding hydrogens is 228 g/mol. The highest BCUT2D eigenvalue weighted by atomic mass is 16.5. The average Bonchev–Trinajstić information content (AvgIpc) is 2.80. The van der Waals surface area contributed by atoms with E-state index in [0.717, 1.165) is 23.5 Å². The highest BCUT2D eigenvalue weighted by molar-refractivity contribution is 5.88. The van der Waals surface area contributed by atoms with Crippen LogP contribution in [0.3, 0.4) is 0 Å². The summed E-state index contributed by atoms with van der Waals surface area (Å²) in [5.41, 5.74) is 2.15. The molecule has 98 valence electrons. The first kappa shape index (κ1) is 12.9. The van der Waals surface area contributed by atoms with E-state index in [4.69, 9.17) is 9.84 Å². The van der Waals surface area contributed by atoms with E-state index in [9.17, 15) is 4.79 Å². The molecule has 0 bridgehead atoms. The minimum absolute atomic E-state index is 0.332. The quantitative estimate of drug-likeness (QED) is 0.886. The van der Waals surface area contributed by atoms with Gasteiger partial charge in [0.25, 0.3) is 0 Å². The molecule has 0 aliphatic heterocycles. The molecule has 0 aromatic heterocycles. The van der Waals surface area contributed by atoms with Gasteiger partial charge in [0, 0.05) is 0 Å². The summed E-state index contributed by atoms with van der Waals surface area (Å²) in [6.07, 6.45) is 5.13. The summed E-state index contributed by atoms with van der Waals surface area (Å²) in [4.78, 5) is 10.9. The molecule has 3 nitrogen and oxygen atoms in total. The Hall–Kier alpha value is -1.51. The normalized spacial score (nSPS) is 15.9. The molecule has 18 heavy (non-hydrogen) atoms. The minimum Gasteiger partial charge on any atom is -0.493 e. The fraction of sp³-hybridized carbons (Fsp3) is 0.533. The van der Waals surface area contributed by atoms with Gasteiger partial charge < -0.3 is 9.84 Å². The molecule has 1 aromatic rings. The Labute approximate surface area is 108 Å². The molecule has 0 amide bonds. The van der Waals surface area contributed by atoms with Crippen LogP contribution in [0.5, 0.6) is 5.75 Å². The van der Waals surface area contributed by atoms with Crippen LogP contribution < -0.4 is 4.74 Å². The van der Waals surface area contributed by atoms with Gasteiger partial charge in [0.15, 0.2) is 0 Å². The van der Waals surface area contributed by atoms with Crippen LogP contribution in [0.25, 0.3) is 0 Å². The average molecular weight is 248 g/mol. The van der Waals surface area contributed by atoms with E-state index in [1.165, 1.54) is 25.7 Å². The van der Waals surface area contributed by atoms with Gasteiger partial charge >= 0.3 is 5.97 Å². The third-order valence-corrected chi connectivity index (χ3v) is 3.65. The molecule has 1 fully saturated rings. The zero-order valence-corrected chi connectivity index (χ0v) is 11.0. The molecular formula is C15H20O3. The topological polar surface area (TPSA) is 46.5 Å². The number of benzene rings is 1. The van der Waals surface area contributed by atoms with Crippen LogP contribution in [0.2, 0.25) is 0 Å². The molecule has 2 rings (SSSR count). The Kier molecular flexibility index (Phi) is 3.90. The summed E-state index contributed by atoms with van der Waals surface area (Å²) in [6.45, 7) is 4.57. The molecule has 1 aliphatic rings. The van der Waals surface area contributed by atoms with Gasteiger partial charge in [0.2, 0.25) is 0 Å². The Balaban J connectivity index is 2.10. The molecule has 0 spiro atoms. The van der Waals surface area contributed by atoms with Crippen molar-refractivity contribution in [3.05, 3.63) is 28.8 Å². The van der Waals surface area contributed by atoms with E-state index in [1.807, 2.05) is 13.8 Å². The zero-order chi connectivity index (χ0) is 13.1. The maximum Gasteiger partial charge on any atom is 0.335 e. The summed E-state index contributed by atoms with van der Waals surface area (Å²) in [5, 5.41) is 8.99. The van der Waals surface area contributed by atoms with Crippen molar-refractivity contribution in [2.45, 2.75) is 39.5 Å². The summed E-state index contributed by atoms with van der Waals surface area (Å²) in [6, 6.07) is 3.36. The molecule has 1 aliphatic carbocycles. The predicted octanol–water partition coefficient (Wildman–Crippen LogP) is 3.57. The monoisotopic (exact) mass is 248 g/mol. The smallest absolute Gasteiger partial charge is 0.335 e. The number of carboxylic acid groups (broad SMARTS) is 1. The van der Waals surface area contributed by atoms with Crippen LogP contribution in [0.15, 0.2) is 12.1 Å². The summed E-state index contributed by atoms with van der Waals surface area (Å²) in [5.74, 6) is 0.637. The van der Waals surface area contributed by atoms with E-state index in [0.29, 0.717) is 11.5 Å². The first-order chi connectivity index (χ1) is 8.58. The number of aromatic carboxylic acids is 1. The molecule has 3 heteroatoms. The molecule has 1 aromatic carbocycles. The second kappa shape index (κ2) is 5.42. The van der Waals surface area contributed by atoms with Crippen molar-refractivity contribution < 1.29 is 14.6 Å². The molecule has 0 radical (unpaired) electrons. The van der Waals surface area contributed by atoms with Crippen molar-refractivity contribution in [1.82, 2.24) is 0 Å². The fourth-order valence-corrected chi connectivity index (χ4v) is 2.68. The van der Waals surface area contributed by atoms with Crippen LogP contribution in [0.4, 0.5) is 0 Å². The van der Waals surface area contributed by atoms with E-state index in [-0.39, 0.29) is 0 Å². The van der Waals surface area contributed by atoms with Gasteiger partial charge in [-0.05, 0) is 55.9 Å². The maximum absolute atomic E-state index is 10.9. The van der Waals surface area contributed by atoms with E-state index in [2.05, 4.69) is 0 Å². The number of ether oxygens (including phenoxy) is 1.